The number of carbonyl (C=O) groups excluding carboxylic acids is 2. The van der Waals surface area contributed by atoms with Crippen molar-refractivity contribution in [2.75, 3.05) is 33.4 Å². The minimum absolute atomic E-state index is 0.0776. The molecule has 1 aliphatic rings. The largest absolute Gasteiger partial charge is 0.497 e. The molecule has 0 saturated carbocycles. The number of H-pyrrole nitrogens is 1. The van der Waals surface area contributed by atoms with Gasteiger partial charge in [-0.2, -0.15) is 0 Å². The molecule has 2 amide bonds. The number of fused-ring (bicyclic) bond motifs is 1. The number of nitrogens with one attached hydrogen (secondary N) is 2. The summed E-state index contributed by atoms with van der Waals surface area (Å²) in [6.07, 6.45) is 4.61. The van der Waals surface area contributed by atoms with Gasteiger partial charge in [-0.05, 0) is 62.1 Å². The fourth-order valence-corrected chi connectivity index (χ4v) is 5.33. The number of aromatic nitrogens is 2. The van der Waals surface area contributed by atoms with Gasteiger partial charge in [0.2, 0.25) is 5.91 Å². The Bertz CT molecular complexity index is 1470. The molecule has 40 heavy (non-hydrogen) atoms. The van der Waals surface area contributed by atoms with E-state index in [1.54, 1.807) is 13.2 Å². The zero-order valence-electron chi connectivity index (χ0n) is 23.1. The van der Waals surface area contributed by atoms with Gasteiger partial charge in [0, 0.05) is 54.4 Å². The molecule has 5 rings (SSSR count). The highest BCUT2D eigenvalue weighted by molar-refractivity contribution is 5.95. The van der Waals surface area contributed by atoms with E-state index in [-0.39, 0.29) is 17.7 Å². The molecule has 2 aromatic carbocycles. The molecule has 1 aliphatic heterocycles. The van der Waals surface area contributed by atoms with E-state index < -0.39 is 0 Å². The van der Waals surface area contributed by atoms with Crippen LogP contribution >= 0.6 is 0 Å². The van der Waals surface area contributed by atoms with Gasteiger partial charge in [-0.15, -0.1) is 0 Å². The second kappa shape index (κ2) is 12.7. The summed E-state index contributed by atoms with van der Waals surface area (Å²) in [5.41, 5.74) is 4.63. The molecule has 0 bridgehead atoms. The highest BCUT2D eigenvalue weighted by Crippen LogP contribution is 2.30. The first kappa shape index (κ1) is 27.2. The number of rotatable bonds is 10. The van der Waals surface area contributed by atoms with Crippen molar-refractivity contribution in [1.82, 2.24) is 20.2 Å². The van der Waals surface area contributed by atoms with Crippen molar-refractivity contribution in [2.24, 2.45) is 0 Å². The van der Waals surface area contributed by atoms with E-state index in [4.69, 9.17) is 14.5 Å². The maximum Gasteiger partial charge on any atom is 0.253 e. The predicted molar refractivity (Wildman–Crippen MR) is 155 cm³/mol. The fourth-order valence-electron chi connectivity index (χ4n) is 5.33. The number of hydrogen-bond acceptors (Lipinski definition) is 5. The molecule has 0 atom stereocenters. The Morgan fingerprint density at radius 1 is 1.05 bits per heavy atom. The molecule has 0 radical (unpaired) electrons. The van der Waals surface area contributed by atoms with Gasteiger partial charge in [0.1, 0.15) is 11.5 Å². The summed E-state index contributed by atoms with van der Waals surface area (Å²) in [4.78, 5) is 36.0. The minimum Gasteiger partial charge on any atom is -0.497 e. The first-order chi connectivity index (χ1) is 19.5. The van der Waals surface area contributed by atoms with Crippen molar-refractivity contribution < 1.29 is 19.1 Å². The van der Waals surface area contributed by atoms with Crippen LogP contribution in [-0.4, -0.2) is 60.0 Å². The van der Waals surface area contributed by atoms with Crippen LogP contribution in [0.15, 0.2) is 66.9 Å². The van der Waals surface area contributed by atoms with Crippen LogP contribution in [-0.2, 0) is 11.2 Å². The topological polar surface area (TPSA) is 96.6 Å². The smallest absolute Gasteiger partial charge is 0.253 e. The second-order valence-electron chi connectivity index (χ2n) is 10.2. The molecule has 208 valence electrons. The molecule has 0 spiro atoms. The SMILES string of the molecule is COc1cccc(OCCC(=O)N2CCC(c3nc(C)ccc3C(=O)NCCc3c[nH]c4ccccc34)CC2)c1. The molecule has 2 aromatic heterocycles. The quantitative estimate of drug-likeness (QED) is 0.294. The number of benzene rings is 2. The number of carbonyl (C=O) groups is 2. The number of methoxy groups -OCH3 is 1. The summed E-state index contributed by atoms with van der Waals surface area (Å²) in [7, 11) is 1.61. The lowest BCUT2D eigenvalue weighted by Gasteiger charge is -2.32. The van der Waals surface area contributed by atoms with E-state index in [1.165, 1.54) is 10.9 Å². The van der Waals surface area contributed by atoms with Crippen molar-refractivity contribution in [3.05, 3.63) is 89.4 Å². The first-order valence-electron chi connectivity index (χ1n) is 13.9. The summed E-state index contributed by atoms with van der Waals surface area (Å²) in [5, 5.41) is 4.28. The Morgan fingerprint density at radius 2 is 1.85 bits per heavy atom. The van der Waals surface area contributed by atoms with Crippen LogP contribution in [0.3, 0.4) is 0 Å². The van der Waals surface area contributed by atoms with Gasteiger partial charge in [-0.25, -0.2) is 0 Å². The van der Waals surface area contributed by atoms with E-state index in [2.05, 4.69) is 22.4 Å². The van der Waals surface area contributed by atoms with E-state index in [9.17, 15) is 9.59 Å². The van der Waals surface area contributed by atoms with Gasteiger partial charge in [-0.1, -0.05) is 24.3 Å². The van der Waals surface area contributed by atoms with Crippen LogP contribution in [0.4, 0.5) is 0 Å². The van der Waals surface area contributed by atoms with Crippen molar-refractivity contribution in [3.8, 4) is 11.5 Å². The number of piperidine rings is 1. The Labute approximate surface area is 234 Å². The van der Waals surface area contributed by atoms with Gasteiger partial charge in [-0.3, -0.25) is 14.6 Å². The molecule has 8 heteroatoms. The van der Waals surface area contributed by atoms with Gasteiger partial charge in [0.15, 0.2) is 0 Å². The third-order valence-corrected chi connectivity index (χ3v) is 7.52. The number of ether oxygens (including phenoxy) is 2. The average Bonchev–Trinajstić information content (AvgIpc) is 3.40. The molecule has 0 unspecified atom stereocenters. The molecule has 4 aromatic rings. The molecule has 1 fully saturated rings. The normalized spacial score (nSPS) is 13.8. The summed E-state index contributed by atoms with van der Waals surface area (Å²) < 4.78 is 11.0. The first-order valence-corrected chi connectivity index (χ1v) is 13.9. The number of nitrogens with zero attached hydrogens (tertiary/aromatic N) is 2. The lowest BCUT2D eigenvalue weighted by Crippen LogP contribution is -2.39. The molecule has 8 nitrogen and oxygen atoms in total. The number of hydrogen-bond donors (Lipinski definition) is 2. The Hall–Kier alpha value is -4.33. The van der Waals surface area contributed by atoms with Crippen LogP contribution in [0.2, 0.25) is 0 Å². The Morgan fingerprint density at radius 3 is 2.67 bits per heavy atom. The molecule has 2 N–H and O–H groups in total. The van der Waals surface area contributed by atoms with Gasteiger partial charge in [0.05, 0.1) is 31.4 Å². The van der Waals surface area contributed by atoms with Gasteiger partial charge < -0.3 is 24.7 Å². The zero-order chi connectivity index (χ0) is 27.9. The summed E-state index contributed by atoms with van der Waals surface area (Å²) >= 11 is 0. The van der Waals surface area contributed by atoms with Crippen LogP contribution in [0.5, 0.6) is 11.5 Å². The Kier molecular flexibility index (Phi) is 8.64. The summed E-state index contributed by atoms with van der Waals surface area (Å²) in [6, 6.07) is 19.3. The van der Waals surface area contributed by atoms with Gasteiger partial charge in [0.25, 0.3) is 5.91 Å². The van der Waals surface area contributed by atoms with Gasteiger partial charge >= 0.3 is 0 Å². The maximum absolute atomic E-state index is 13.2. The number of aromatic amines is 1. The van der Waals surface area contributed by atoms with E-state index >= 15 is 0 Å². The summed E-state index contributed by atoms with van der Waals surface area (Å²) in [5.74, 6) is 1.51. The number of pyridine rings is 1. The summed E-state index contributed by atoms with van der Waals surface area (Å²) in [6.45, 7) is 4.08. The van der Waals surface area contributed by atoms with Crippen LogP contribution < -0.4 is 14.8 Å². The van der Waals surface area contributed by atoms with Crippen molar-refractivity contribution in [1.29, 1.82) is 0 Å². The van der Waals surface area contributed by atoms with E-state index in [0.29, 0.717) is 44.0 Å². The standard InChI is InChI=1S/C32H36N4O4/c1-22-10-11-28(32(38)33-16-12-24-21-34-29-9-4-3-8-27(24)29)31(35-22)23-13-17-36(18-14-23)30(37)15-19-40-26-7-5-6-25(20-26)39-2/h3-11,20-21,23,34H,12-19H2,1-2H3,(H,33,38). The number of para-hydroxylation sites is 1. The van der Waals surface area contributed by atoms with E-state index in [0.717, 1.165) is 41.9 Å². The third-order valence-electron chi connectivity index (χ3n) is 7.52. The highest BCUT2D eigenvalue weighted by atomic mass is 16.5. The molecule has 1 saturated heterocycles. The molecular weight excluding hydrogens is 504 g/mol. The number of likely N-dealkylation sites (tertiary alicyclic amines) is 1. The minimum atomic E-state index is -0.101. The third kappa shape index (κ3) is 6.45. The molecular formula is C32H36N4O4. The predicted octanol–water partition coefficient (Wildman–Crippen LogP) is 5.03. The average molecular weight is 541 g/mol. The van der Waals surface area contributed by atoms with Crippen LogP contribution in [0.1, 0.15) is 52.5 Å². The monoisotopic (exact) mass is 540 g/mol. The molecule has 0 aliphatic carbocycles. The second-order valence-corrected chi connectivity index (χ2v) is 10.2. The van der Waals surface area contributed by atoms with Crippen LogP contribution in [0.25, 0.3) is 10.9 Å². The lowest BCUT2D eigenvalue weighted by molar-refractivity contribution is -0.132. The highest BCUT2D eigenvalue weighted by Gasteiger charge is 2.28. The van der Waals surface area contributed by atoms with E-state index in [1.807, 2.05) is 60.5 Å². The number of amides is 2. The van der Waals surface area contributed by atoms with Crippen molar-refractivity contribution in [2.45, 2.75) is 38.5 Å². The zero-order valence-corrected chi connectivity index (χ0v) is 23.1. The number of aryl methyl sites for hydroxylation is 1. The van der Waals surface area contributed by atoms with Crippen LogP contribution in [0, 0.1) is 6.92 Å². The lowest BCUT2D eigenvalue weighted by atomic mass is 9.89. The van der Waals surface area contributed by atoms with Crippen molar-refractivity contribution >= 4 is 22.7 Å². The van der Waals surface area contributed by atoms with Crippen molar-refractivity contribution in [3.63, 3.8) is 0 Å². The maximum atomic E-state index is 13.2. The fraction of sp³-hybridized carbons (Fsp3) is 0.344. The molecule has 3 heterocycles. The Balaban J connectivity index is 1.13.